The van der Waals surface area contributed by atoms with Crippen LogP contribution < -0.4 is 10.6 Å². The highest BCUT2D eigenvalue weighted by Crippen LogP contribution is 2.22. The Labute approximate surface area is 113 Å². The third-order valence-corrected chi connectivity index (χ3v) is 3.18. The van der Waals surface area contributed by atoms with Gasteiger partial charge in [0.15, 0.2) is 5.76 Å². The number of hydrogen-bond donors (Lipinski definition) is 2. The highest BCUT2D eigenvalue weighted by molar-refractivity contribution is 5.93. The number of piperidine rings is 1. The summed E-state index contributed by atoms with van der Waals surface area (Å²) in [7, 11) is 0. The Bertz CT molecular complexity index is 400. The average molecular weight is 274 g/mol. The standard InChI is InChI=1S/C12H19N3O2.ClH/c1-3-10-11(8(2)17-15-10)14-12(16)9-5-4-6-13-7-9;/h9,13H,3-7H2,1-2H3,(H,14,16);1H. The van der Waals surface area contributed by atoms with Crippen LogP contribution in [0.2, 0.25) is 0 Å². The largest absolute Gasteiger partial charge is 0.359 e. The second-order valence-corrected chi connectivity index (χ2v) is 4.45. The predicted octanol–water partition coefficient (Wildman–Crippen LogP) is 1.91. The molecule has 0 aliphatic carbocycles. The molecule has 0 radical (unpaired) electrons. The van der Waals surface area contributed by atoms with Gasteiger partial charge in [0.25, 0.3) is 0 Å². The maximum absolute atomic E-state index is 12.1. The van der Waals surface area contributed by atoms with Gasteiger partial charge in [-0.05, 0) is 32.7 Å². The van der Waals surface area contributed by atoms with Gasteiger partial charge in [-0.25, -0.2) is 0 Å². The molecule has 102 valence electrons. The molecule has 0 bridgehead atoms. The monoisotopic (exact) mass is 273 g/mol. The molecule has 2 N–H and O–H groups in total. The van der Waals surface area contributed by atoms with Gasteiger partial charge in [0, 0.05) is 6.54 Å². The predicted molar refractivity (Wildman–Crippen MR) is 72.1 cm³/mol. The fourth-order valence-corrected chi connectivity index (χ4v) is 2.12. The smallest absolute Gasteiger partial charge is 0.228 e. The summed E-state index contributed by atoms with van der Waals surface area (Å²) in [4.78, 5) is 12.1. The molecule has 1 saturated heterocycles. The number of amides is 1. The van der Waals surface area contributed by atoms with Gasteiger partial charge in [-0.3, -0.25) is 4.79 Å². The van der Waals surface area contributed by atoms with Crippen molar-refractivity contribution < 1.29 is 9.32 Å². The minimum Gasteiger partial charge on any atom is -0.359 e. The van der Waals surface area contributed by atoms with Crippen LogP contribution in [0.25, 0.3) is 0 Å². The number of halogens is 1. The van der Waals surface area contributed by atoms with Crippen LogP contribution in [0.1, 0.15) is 31.2 Å². The number of aromatic nitrogens is 1. The molecule has 0 saturated carbocycles. The lowest BCUT2D eigenvalue weighted by Crippen LogP contribution is -2.37. The summed E-state index contributed by atoms with van der Waals surface area (Å²) in [5.74, 6) is 0.805. The van der Waals surface area contributed by atoms with Crippen LogP contribution in [0.3, 0.4) is 0 Å². The Balaban J connectivity index is 0.00000162. The van der Waals surface area contributed by atoms with E-state index < -0.39 is 0 Å². The summed E-state index contributed by atoms with van der Waals surface area (Å²) in [6, 6.07) is 0. The second kappa shape index (κ2) is 6.75. The first-order chi connectivity index (χ1) is 8.22. The van der Waals surface area contributed by atoms with Crippen LogP contribution >= 0.6 is 12.4 Å². The third kappa shape index (κ3) is 3.23. The molecule has 5 nitrogen and oxygen atoms in total. The molecule has 1 aliphatic heterocycles. The van der Waals surface area contributed by atoms with Gasteiger partial charge in [0.2, 0.25) is 5.91 Å². The third-order valence-electron chi connectivity index (χ3n) is 3.18. The Kier molecular flexibility index (Phi) is 5.62. The molecule has 6 heteroatoms. The van der Waals surface area contributed by atoms with Crippen LogP contribution in [0.15, 0.2) is 4.52 Å². The van der Waals surface area contributed by atoms with Crippen molar-refractivity contribution in [3.63, 3.8) is 0 Å². The molecular formula is C12H20ClN3O2. The van der Waals surface area contributed by atoms with E-state index in [0.29, 0.717) is 5.76 Å². The lowest BCUT2D eigenvalue weighted by atomic mass is 9.98. The number of carbonyl (C=O) groups excluding carboxylic acids is 1. The minimum absolute atomic E-state index is 0. The number of nitrogens with one attached hydrogen (secondary N) is 2. The Hall–Kier alpha value is -1.07. The molecule has 0 spiro atoms. The maximum atomic E-state index is 12.1. The van der Waals surface area contributed by atoms with Gasteiger partial charge in [-0.2, -0.15) is 0 Å². The van der Waals surface area contributed by atoms with Crippen LogP contribution in [0, 0.1) is 12.8 Å². The molecule has 1 aromatic rings. The SMILES string of the molecule is CCc1noc(C)c1NC(=O)C1CCCNC1.Cl. The molecule has 2 rings (SSSR count). The molecule has 1 atom stereocenters. The van der Waals surface area contributed by atoms with Crippen molar-refractivity contribution in [2.75, 3.05) is 18.4 Å². The summed E-state index contributed by atoms with van der Waals surface area (Å²) in [5.41, 5.74) is 1.57. The van der Waals surface area contributed by atoms with E-state index in [2.05, 4.69) is 15.8 Å². The summed E-state index contributed by atoms with van der Waals surface area (Å²) < 4.78 is 5.09. The topological polar surface area (TPSA) is 67.2 Å². The van der Waals surface area contributed by atoms with Crippen molar-refractivity contribution >= 4 is 24.0 Å². The van der Waals surface area contributed by atoms with Crippen LogP contribution in [0.4, 0.5) is 5.69 Å². The molecule has 18 heavy (non-hydrogen) atoms. The average Bonchev–Trinajstić information content (AvgIpc) is 2.71. The van der Waals surface area contributed by atoms with Crippen molar-refractivity contribution in [1.29, 1.82) is 0 Å². The van der Waals surface area contributed by atoms with Crippen LogP contribution in [-0.4, -0.2) is 24.2 Å². The number of rotatable bonds is 3. The summed E-state index contributed by atoms with van der Waals surface area (Å²) >= 11 is 0. The Morgan fingerprint density at radius 1 is 1.61 bits per heavy atom. The van der Waals surface area contributed by atoms with E-state index in [1.807, 2.05) is 13.8 Å². The first-order valence-electron chi connectivity index (χ1n) is 6.19. The fraction of sp³-hybridized carbons (Fsp3) is 0.667. The molecule has 2 heterocycles. The van der Waals surface area contributed by atoms with Crippen LogP contribution in [0.5, 0.6) is 0 Å². The summed E-state index contributed by atoms with van der Waals surface area (Å²) in [5, 5.41) is 10.1. The highest BCUT2D eigenvalue weighted by Gasteiger charge is 2.23. The zero-order valence-electron chi connectivity index (χ0n) is 10.8. The van der Waals surface area contributed by atoms with E-state index in [1.165, 1.54) is 0 Å². The van der Waals surface area contributed by atoms with Crippen LogP contribution in [-0.2, 0) is 11.2 Å². The number of hydrogen-bond acceptors (Lipinski definition) is 4. The van der Waals surface area contributed by atoms with Crippen molar-refractivity contribution in [2.45, 2.75) is 33.1 Å². The molecule has 1 fully saturated rings. The number of carbonyl (C=O) groups is 1. The van der Waals surface area contributed by atoms with Crippen molar-refractivity contribution in [3.8, 4) is 0 Å². The van der Waals surface area contributed by atoms with Gasteiger partial charge < -0.3 is 15.2 Å². The lowest BCUT2D eigenvalue weighted by Gasteiger charge is -2.21. The Morgan fingerprint density at radius 3 is 3.00 bits per heavy atom. The molecule has 1 unspecified atom stereocenters. The first kappa shape index (κ1) is 15.0. The van der Waals surface area contributed by atoms with E-state index in [9.17, 15) is 4.79 Å². The fourth-order valence-electron chi connectivity index (χ4n) is 2.12. The van der Waals surface area contributed by atoms with E-state index in [1.54, 1.807) is 0 Å². The van der Waals surface area contributed by atoms with Gasteiger partial charge >= 0.3 is 0 Å². The van der Waals surface area contributed by atoms with E-state index >= 15 is 0 Å². The first-order valence-corrected chi connectivity index (χ1v) is 6.19. The van der Waals surface area contributed by atoms with E-state index in [0.717, 1.165) is 43.7 Å². The van der Waals surface area contributed by atoms with Gasteiger partial charge in [-0.15, -0.1) is 12.4 Å². The zero-order valence-corrected chi connectivity index (χ0v) is 11.6. The molecule has 1 aromatic heterocycles. The molecule has 1 amide bonds. The summed E-state index contributed by atoms with van der Waals surface area (Å²) in [6.45, 7) is 5.59. The maximum Gasteiger partial charge on any atom is 0.228 e. The van der Waals surface area contributed by atoms with Gasteiger partial charge in [0.05, 0.1) is 5.92 Å². The molecule has 0 aromatic carbocycles. The molecule has 1 aliphatic rings. The van der Waals surface area contributed by atoms with Crippen molar-refractivity contribution in [2.24, 2.45) is 5.92 Å². The van der Waals surface area contributed by atoms with E-state index in [-0.39, 0.29) is 24.2 Å². The highest BCUT2D eigenvalue weighted by atomic mass is 35.5. The number of anilines is 1. The lowest BCUT2D eigenvalue weighted by molar-refractivity contribution is -0.120. The number of nitrogens with zero attached hydrogens (tertiary/aromatic N) is 1. The Morgan fingerprint density at radius 2 is 2.39 bits per heavy atom. The minimum atomic E-state index is 0. The molecular weight excluding hydrogens is 254 g/mol. The number of aryl methyl sites for hydroxylation is 2. The summed E-state index contributed by atoms with van der Waals surface area (Å²) in [6.07, 6.45) is 2.77. The normalized spacial score (nSPS) is 19.1. The quantitative estimate of drug-likeness (QED) is 0.883. The van der Waals surface area contributed by atoms with E-state index in [4.69, 9.17) is 4.52 Å². The van der Waals surface area contributed by atoms with Crippen molar-refractivity contribution in [3.05, 3.63) is 11.5 Å². The second-order valence-electron chi connectivity index (χ2n) is 4.45. The van der Waals surface area contributed by atoms with Gasteiger partial charge in [-0.1, -0.05) is 12.1 Å². The van der Waals surface area contributed by atoms with Gasteiger partial charge in [0.1, 0.15) is 11.4 Å². The zero-order chi connectivity index (χ0) is 12.3. The van der Waals surface area contributed by atoms with Crippen molar-refractivity contribution in [1.82, 2.24) is 10.5 Å².